The van der Waals surface area contributed by atoms with Crippen molar-refractivity contribution >= 4 is 35.6 Å². The lowest BCUT2D eigenvalue weighted by Crippen LogP contribution is -2.53. The summed E-state index contributed by atoms with van der Waals surface area (Å²) < 4.78 is 15.9. The monoisotopic (exact) mass is 478 g/mol. The second-order valence-electron chi connectivity index (χ2n) is 5.73. The number of benzene rings is 1. The summed E-state index contributed by atoms with van der Waals surface area (Å²) in [5.74, 6) is 1.85. The zero-order chi connectivity index (χ0) is 17.9. The molecule has 1 heterocycles. The van der Waals surface area contributed by atoms with Gasteiger partial charge in [-0.25, -0.2) is 0 Å². The molecule has 0 unspecified atom stereocenters. The maximum Gasteiger partial charge on any atom is 0.193 e. The Morgan fingerprint density at radius 1 is 1.08 bits per heavy atom. The Morgan fingerprint density at radius 2 is 1.81 bits per heavy atom. The standard InChI is InChI=1S/C18H30N4O3.HI/c1-19-18(20-8-13-25-15-14-23-2)22-11-9-21(10-12-22)16-6-4-5-7-17(16)24-3;/h4-7H,8-15H2,1-3H3,(H,19,20);1H. The van der Waals surface area contributed by atoms with Gasteiger partial charge in [0.15, 0.2) is 5.96 Å². The lowest BCUT2D eigenvalue weighted by Gasteiger charge is -2.38. The van der Waals surface area contributed by atoms with Crippen LogP contribution in [0.3, 0.4) is 0 Å². The molecule has 0 spiro atoms. The van der Waals surface area contributed by atoms with Crippen molar-refractivity contribution in [3.63, 3.8) is 0 Å². The molecule has 148 valence electrons. The van der Waals surface area contributed by atoms with Gasteiger partial charge in [-0.3, -0.25) is 4.99 Å². The third-order valence-corrected chi connectivity index (χ3v) is 4.18. The van der Waals surface area contributed by atoms with Crippen LogP contribution in [-0.2, 0) is 9.47 Å². The fraction of sp³-hybridized carbons (Fsp3) is 0.611. The lowest BCUT2D eigenvalue weighted by atomic mass is 10.2. The number of hydrogen-bond acceptors (Lipinski definition) is 5. The van der Waals surface area contributed by atoms with Crippen molar-refractivity contribution < 1.29 is 14.2 Å². The van der Waals surface area contributed by atoms with Crippen molar-refractivity contribution in [3.8, 4) is 5.75 Å². The van der Waals surface area contributed by atoms with Crippen molar-refractivity contribution in [3.05, 3.63) is 24.3 Å². The Hall–Kier alpha value is -1.26. The molecule has 2 rings (SSSR count). The fourth-order valence-electron chi connectivity index (χ4n) is 2.86. The van der Waals surface area contributed by atoms with E-state index in [1.54, 1.807) is 14.2 Å². The van der Waals surface area contributed by atoms with Gasteiger partial charge in [-0.2, -0.15) is 0 Å². The van der Waals surface area contributed by atoms with Gasteiger partial charge in [0.1, 0.15) is 5.75 Å². The Bertz CT molecular complexity index is 537. The molecule has 0 aliphatic carbocycles. The first-order valence-electron chi connectivity index (χ1n) is 8.70. The molecule has 7 nitrogen and oxygen atoms in total. The second-order valence-corrected chi connectivity index (χ2v) is 5.73. The molecule has 1 aliphatic heterocycles. The third-order valence-electron chi connectivity index (χ3n) is 4.18. The number of piperazine rings is 1. The molecule has 0 aromatic heterocycles. The van der Waals surface area contributed by atoms with Crippen molar-refractivity contribution in [2.24, 2.45) is 4.99 Å². The van der Waals surface area contributed by atoms with Crippen LogP contribution in [0.1, 0.15) is 0 Å². The van der Waals surface area contributed by atoms with E-state index in [2.05, 4.69) is 26.2 Å². The summed E-state index contributed by atoms with van der Waals surface area (Å²) in [5.41, 5.74) is 1.15. The van der Waals surface area contributed by atoms with Crippen LogP contribution in [0.25, 0.3) is 0 Å². The van der Waals surface area contributed by atoms with Gasteiger partial charge < -0.3 is 29.3 Å². The van der Waals surface area contributed by atoms with Crippen LogP contribution in [0.2, 0.25) is 0 Å². The Morgan fingerprint density at radius 3 is 2.46 bits per heavy atom. The molecular weight excluding hydrogens is 447 g/mol. The number of rotatable bonds is 8. The molecule has 1 saturated heterocycles. The van der Waals surface area contributed by atoms with E-state index in [0.717, 1.165) is 50.1 Å². The van der Waals surface area contributed by atoms with Crippen LogP contribution >= 0.6 is 24.0 Å². The van der Waals surface area contributed by atoms with E-state index in [-0.39, 0.29) is 24.0 Å². The molecule has 0 bridgehead atoms. The summed E-state index contributed by atoms with van der Waals surface area (Å²) in [6, 6.07) is 8.16. The topological polar surface area (TPSA) is 58.6 Å². The van der Waals surface area contributed by atoms with E-state index in [0.29, 0.717) is 19.8 Å². The van der Waals surface area contributed by atoms with Gasteiger partial charge in [-0.1, -0.05) is 12.1 Å². The summed E-state index contributed by atoms with van der Waals surface area (Å²) in [5, 5.41) is 3.36. The van der Waals surface area contributed by atoms with Crippen LogP contribution in [0, 0.1) is 0 Å². The highest BCUT2D eigenvalue weighted by Gasteiger charge is 2.21. The molecule has 1 fully saturated rings. The molecule has 0 saturated carbocycles. The van der Waals surface area contributed by atoms with Crippen molar-refractivity contribution in [1.82, 2.24) is 10.2 Å². The predicted octanol–water partition coefficient (Wildman–Crippen LogP) is 1.67. The first-order chi connectivity index (χ1) is 12.3. The number of nitrogens with zero attached hydrogens (tertiary/aromatic N) is 3. The van der Waals surface area contributed by atoms with E-state index < -0.39 is 0 Å². The summed E-state index contributed by atoms with van der Waals surface area (Å²) >= 11 is 0. The van der Waals surface area contributed by atoms with E-state index in [1.807, 2.05) is 25.2 Å². The van der Waals surface area contributed by atoms with Crippen LogP contribution in [0.5, 0.6) is 5.75 Å². The normalized spacial score (nSPS) is 14.8. The van der Waals surface area contributed by atoms with Gasteiger partial charge >= 0.3 is 0 Å². The van der Waals surface area contributed by atoms with E-state index in [1.165, 1.54) is 0 Å². The highest BCUT2D eigenvalue weighted by Crippen LogP contribution is 2.28. The molecular formula is C18H31IN4O3. The average molecular weight is 478 g/mol. The van der Waals surface area contributed by atoms with Gasteiger partial charge in [0, 0.05) is 46.9 Å². The summed E-state index contributed by atoms with van der Waals surface area (Å²) in [6.45, 7) is 6.34. The van der Waals surface area contributed by atoms with E-state index in [4.69, 9.17) is 14.2 Å². The molecule has 26 heavy (non-hydrogen) atoms. The zero-order valence-corrected chi connectivity index (χ0v) is 18.3. The van der Waals surface area contributed by atoms with Crippen LogP contribution in [0.4, 0.5) is 5.69 Å². The number of anilines is 1. The number of guanidine groups is 1. The predicted molar refractivity (Wildman–Crippen MR) is 116 cm³/mol. The number of ether oxygens (including phenoxy) is 3. The Labute approximate surface area is 173 Å². The maximum atomic E-state index is 5.47. The molecule has 0 amide bonds. The molecule has 8 heteroatoms. The van der Waals surface area contributed by atoms with Crippen molar-refractivity contribution in [2.45, 2.75) is 0 Å². The molecule has 0 radical (unpaired) electrons. The number of hydrogen-bond donors (Lipinski definition) is 1. The van der Waals surface area contributed by atoms with Gasteiger partial charge in [0.25, 0.3) is 0 Å². The minimum Gasteiger partial charge on any atom is -0.495 e. The minimum atomic E-state index is 0. The van der Waals surface area contributed by atoms with Crippen LogP contribution in [0.15, 0.2) is 29.3 Å². The van der Waals surface area contributed by atoms with Crippen LogP contribution < -0.4 is 15.0 Å². The second kappa shape index (κ2) is 13.0. The SMILES string of the molecule is CN=C(NCCOCCOC)N1CCN(c2ccccc2OC)CC1.I. The average Bonchev–Trinajstić information content (AvgIpc) is 2.68. The molecule has 1 aliphatic rings. The number of halogens is 1. The summed E-state index contributed by atoms with van der Waals surface area (Å²) in [7, 11) is 5.21. The van der Waals surface area contributed by atoms with E-state index >= 15 is 0 Å². The number of methoxy groups -OCH3 is 2. The molecule has 1 aromatic carbocycles. The smallest absolute Gasteiger partial charge is 0.193 e. The molecule has 1 N–H and O–H groups in total. The molecule has 0 atom stereocenters. The van der Waals surface area contributed by atoms with Gasteiger partial charge in [-0.15, -0.1) is 24.0 Å². The lowest BCUT2D eigenvalue weighted by molar-refractivity contribution is 0.0731. The quantitative estimate of drug-likeness (QED) is 0.266. The number of nitrogens with one attached hydrogen (secondary N) is 1. The Balaban J connectivity index is 0.00000338. The molecule has 1 aromatic rings. The first kappa shape index (κ1) is 22.8. The van der Waals surface area contributed by atoms with Gasteiger partial charge in [-0.05, 0) is 12.1 Å². The number of para-hydroxylation sites is 2. The summed E-state index contributed by atoms with van der Waals surface area (Å²) in [4.78, 5) is 9.02. The van der Waals surface area contributed by atoms with Gasteiger partial charge in [0.2, 0.25) is 0 Å². The highest BCUT2D eigenvalue weighted by atomic mass is 127. The maximum absolute atomic E-state index is 5.47. The third kappa shape index (κ3) is 6.81. The minimum absolute atomic E-state index is 0. The van der Waals surface area contributed by atoms with Gasteiger partial charge in [0.05, 0.1) is 32.6 Å². The van der Waals surface area contributed by atoms with Crippen LogP contribution in [-0.4, -0.2) is 84.7 Å². The highest BCUT2D eigenvalue weighted by molar-refractivity contribution is 14.0. The van der Waals surface area contributed by atoms with Crippen molar-refractivity contribution in [2.75, 3.05) is 78.7 Å². The summed E-state index contributed by atoms with van der Waals surface area (Å²) in [6.07, 6.45) is 0. The Kier molecular flexibility index (Phi) is 11.4. The van der Waals surface area contributed by atoms with Crippen molar-refractivity contribution in [1.29, 1.82) is 0 Å². The zero-order valence-electron chi connectivity index (χ0n) is 15.9. The fourth-order valence-corrected chi connectivity index (χ4v) is 2.86. The first-order valence-corrected chi connectivity index (χ1v) is 8.70. The van der Waals surface area contributed by atoms with E-state index in [9.17, 15) is 0 Å². The number of aliphatic imine (C=N–C) groups is 1. The largest absolute Gasteiger partial charge is 0.495 e.